The minimum Gasteiger partial charge on any atom is -0.329 e. The molecule has 4 heteroatoms. The predicted octanol–water partition coefficient (Wildman–Crippen LogP) is 4.50. The van der Waals surface area contributed by atoms with Gasteiger partial charge in [0.05, 0.1) is 10.0 Å². The number of nitrogens with two attached hydrogens (primary N) is 1. The highest BCUT2D eigenvalue weighted by Crippen LogP contribution is 2.34. The molecule has 2 nitrogen and oxygen atoms in total. The zero-order chi connectivity index (χ0) is 14.7. The van der Waals surface area contributed by atoms with Crippen molar-refractivity contribution >= 4 is 23.2 Å². The van der Waals surface area contributed by atoms with Crippen molar-refractivity contribution < 1.29 is 0 Å². The van der Waals surface area contributed by atoms with Crippen molar-refractivity contribution in [3.05, 3.63) is 33.8 Å². The molecule has 1 aromatic carbocycles. The zero-order valence-electron chi connectivity index (χ0n) is 12.3. The summed E-state index contributed by atoms with van der Waals surface area (Å²) < 4.78 is 0. The average Bonchev–Trinajstić information content (AvgIpc) is 2.48. The topological polar surface area (TPSA) is 29.3 Å². The van der Waals surface area contributed by atoms with E-state index in [1.807, 2.05) is 12.1 Å². The number of rotatable bonds is 4. The Morgan fingerprint density at radius 2 is 2.10 bits per heavy atom. The third-order valence-corrected chi connectivity index (χ3v) is 5.38. The molecule has 0 amide bonds. The fraction of sp³-hybridized carbons (Fsp3) is 0.625. The molecule has 1 fully saturated rings. The van der Waals surface area contributed by atoms with Gasteiger partial charge < -0.3 is 5.73 Å². The summed E-state index contributed by atoms with van der Waals surface area (Å²) in [7, 11) is 0. The maximum absolute atomic E-state index is 6.14. The molecule has 3 unspecified atom stereocenters. The SMILES string of the molecule is CCC1CCN(C(C)c2ccc(Cl)c(Cl)c2)C(CN)C1. The third-order valence-electron chi connectivity index (χ3n) is 4.64. The summed E-state index contributed by atoms with van der Waals surface area (Å²) in [6.45, 7) is 6.34. The van der Waals surface area contributed by atoms with Gasteiger partial charge in [-0.2, -0.15) is 0 Å². The third kappa shape index (κ3) is 3.48. The molecule has 1 saturated heterocycles. The maximum Gasteiger partial charge on any atom is 0.0595 e. The van der Waals surface area contributed by atoms with Crippen LogP contribution in [-0.2, 0) is 0 Å². The van der Waals surface area contributed by atoms with Gasteiger partial charge in [0.15, 0.2) is 0 Å². The molecule has 1 aliphatic rings. The Balaban J connectivity index is 2.14. The van der Waals surface area contributed by atoms with E-state index in [4.69, 9.17) is 28.9 Å². The summed E-state index contributed by atoms with van der Waals surface area (Å²) in [5.41, 5.74) is 7.21. The number of benzene rings is 1. The molecule has 112 valence electrons. The lowest BCUT2D eigenvalue weighted by molar-refractivity contribution is 0.0773. The van der Waals surface area contributed by atoms with Crippen molar-refractivity contribution in [3.63, 3.8) is 0 Å². The van der Waals surface area contributed by atoms with Gasteiger partial charge in [-0.05, 0) is 49.9 Å². The molecule has 1 aromatic rings. The number of likely N-dealkylation sites (tertiary alicyclic amines) is 1. The van der Waals surface area contributed by atoms with Crippen molar-refractivity contribution in [2.24, 2.45) is 11.7 Å². The second kappa shape index (κ2) is 7.13. The van der Waals surface area contributed by atoms with E-state index in [2.05, 4.69) is 24.8 Å². The average molecular weight is 315 g/mol. The lowest BCUT2D eigenvalue weighted by atomic mass is 9.87. The largest absolute Gasteiger partial charge is 0.329 e. The van der Waals surface area contributed by atoms with Gasteiger partial charge in [-0.15, -0.1) is 0 Å². The van der Waals surface area contributed by atoms with Gasteiger partial charge in [0.25, 0.3) is 0 Å². The van der Waals surface area contributed by atoms with E-state index in [1.165, 1.54) is 24.8 Å². The van der Waals surface area contributed by atoms with Crippen LogP contribution in [0.1, 0.15) is 44.7 Å². The highest BCUT2D eigenvalue weighted by molar-refractivity contribution is 6.42. The van der Waals surface area contributed by atoms with Crippen molar-refractivity contribution in [1.29, 1.82) is 0 Å². The Kier molecular flexibility index (Phi) is 5.74. The predicted molar refractivity (Wildman–Crippen MR) is 87.4 cm³/mol. The Morgan fingerprint density at radius 1 is 1.35 bits per heavy atom. The molecule has 0 bridgehead atoms. The highest BCUT2D eigenvalue weighted by atomic mass is 35.5. The molecule has 0 radical (unpaired) electrons. The summed E-state index contributed by atoms with van der Waals surface area (Å²) in [6, 6.07) is 6.73. The molecule has 1 heterocycles. The summed E-state index contributed by atoms with van der Waals surface area (Å²) in [6.07, 6.45) is 3.73. The first-order valence-corrected chi connectivity index (χ1v) is 8.23. The Labute approximate surface area is 132 Å². The molecule has 0 aromatic heterocycles. The fourth-order valence-corrected chi connectivity index (χ4v) is 3.53. The van der Waals surface area contributed by atoms with Crippen LogP contribution in [0.3, 0.4) is 0 Å². The Hall–Kier alpha value is -0.280. The minimum atomic E-state index is 0.330. The highest BCUT2D eigenvalue weighted by Gasteiger charge is 2.30. The number of halogens is 2. The van der Waals surface area contributed by atoms with E-state index in [0.29, 0.717) is 22.1 Å². The van der Waals surface area contributed by atoms with Gasteiger partial charge in [0, 0.05) is 18.6 Å². The molecule has 0 saturated carbocycles. The summed E-state index contributed by atoms with van der Waals surface area (Å²) in [4.78, 5) is 2.52. The fourth-order valence-electron chi connectivity index (χ4n) is 3.23. The Morgan fingerprint density at radius 3 is 2.70 bits per heavy atom. The quantitative estimate of drug-likeness (QED) is 0.886. The first-order chi connectivity index (χ1) is 9.56. The van der Waals surface area contributed by atoms with E-state index >= 15 is 0 Å². The summed E-state index contributed by atoms with van der Waals surface area (Å²) >= 11 is 12.1. The molecule has 0 spiro atoms. The first kappa shape index (κ1) is 16.1. The van der Waals surface area contributed by atoms with Crippen molar-refractivity contribution in [1.82, 2.24) is 4.90 Å². The Bertz CT molecular complexity index is 450. The lowest BCUT2D eigenvalue weighted by Crippen LogP contribution is -2.47. The molecule has 0 aliphatic carbocycles. The maximum atomic E-state index is 6.14. The van der Waals surface area contributed by atoms with E-state index < -0.39 is 0 Å². The van der Waals surface area contributed by atoms with Gasteiger partial charge in [0.2, 0.25) is 0 Å². The number of hydrogen-bond acceptors (Lipinski definition) is 2. The molecular weight excluding hydrogens is 291 g/mol. The second-order valence-corrected chi connectivity index (χ2v) is 6.59. The molecule has 2 N–H and O–H groups in total. The van der Waals surface area contributed by atoms with Gasteiger partial charge >= 0.3 is 0 Å². The molecule has 1 aliphatic heterocycles. The van der Waals surface area contributed by atoms with Crippen molar-refractivity contribution in [2.45, 2.75) is 45.2 Å². The van der Waals surface area contributed by atoms with E-state index in [-0.39, 0.29) is 0 Å². The van der Waals surface area contributed by atoms with E-state index in [0.717, 1.165) is 19.0 Å². The zero-order valence-corrected chi connectivity index (χ0v) is 13.8. The molecular formula is C16H24Cl2N2. The number of nitrogens with zero attached hydrogens (tertiary/aromatic N) is 1. The van der Waals surface area contributed by atoms with Gasteiger partial charge in [0.1, 0.15) is 0 Å². The van der Waals surface area contributed by atoms with Crippen LogP contribution in [0, 0.1) is 5.92 Å². The summed E-state index contributed by atoms with van der Waals surface area (Å²) in [5, 5.41) is 1.24. The van der Waals surface area contributed by atoms with Crippen LogP contribution >= 0.6 is 23.2 Å². The molecule has 2 rings (SSSR count). The van der Waals surface area contributed by atoms with Crippen molar-refractivity contribution in [2.75, 3.05) is 13.1 Å². The van der Waals surface area contributed by atoms with Crippen LogP contribution in [-0.4, -0.2) is 24.0 Å². The van der Waals surface area contributed by atoms with Crippen LogP contribution in [0.5, 0.6) is 0 Å². The summed E-state index contributed by atoms with van der Waals surface area (Å²) in [5.74, 6) is 0.820. The minimum absolute atomic E-state index is 0.330. The van der Waals surface area contributed by atoms with Crippen LogP contribution in [0.15, 0.2) is 18.2 Å². The van der Waals surface area contributed by atoms with Gasteiger partial charge in [-0.1, -0.05) is 42.6 Å². The standard InChI is InChI=1S/C16H24Cl2N2/c1-3-12-6-7-20(14(8-12)10-19)11(2)13-4-5-15(17)16(18)9-13/h4-5,9,11-12,14H,3,6-8,10,19H2,1-2H3. The van der Waals surface area contributed by atoms with Gasteiger partial charge in [-0.25, -0.2) is 0 Å². The normalized spacial score (nSPS) is 25.6. The number of hydrogen-bond donors (Lipinski definition) is 1. The van der Waals surface area contributed by atoms with E-state index in [1.54, 1.807) is 0 Å². The van der Waals surface area contributed by atoms with E-state index in [9.17, 15) is 0 Å². The van der Waals surface area contributed by atoms with Crippen molar-refractivity contribution in [3.8, 4) is 0 Å². The van der Waals surface area contributed by atoms with Crippen LogP contribution < -0.4 is 5.73 Å². The smallest absolute Gasteiger partial charge is 0.0595 e. The monoisotopic (exact) mass is 314 g/mol. The molecule has 3 atom stereocenters. The first-order valence-electron chi connectivity index (χ1n) is 7.47. The molecule has 20 heavy (non-hydrogen) atoms. The van der Waals surface area contributed by atoms with Crippen LogP contribution in [0.4, 0.5) is 0 Å². The van der Waals surface area contributed by atoms with Gasteiger partial charge in [-0.3, -0.25) is 4.90 Å². The van der Waals surface area contributed by atoms with Crippen LogP contribution in [0.2, 0.25) is 10.0 Å². The second-order valence-electron chi connectivity index (χ2n) is 5.78. The lowest BCUT2D eigenvalue weighted by Gasteiger charge is -2.42. The van der Waals surface area contributed by atoms with Crippen LogP contribution in [0.25, 0.3) is 0 Å². The number of piperidine rings is 1.